The molecule has 0 unspecified atom stereocenters. The van der Waals surface area contributed by atoms with Gasteiger partial charge in [0.15, 0.2) is 5.11 Å². The van der Waals surface area contributed by atoms with E-state index in [4.69, 9.17) is 40.2 Å². The molecule has 2 aromatic carbocycles. The maximum atomic E-state index is 11.9. The largest absolute Gasteiger partial charge is 0.492 e. The summed E-state index contributed by atoms with van der Waals surface area (Å²) in [5, 5.41) is 3.50. The van der Waals surface area contributed by atoms with Crippen molar-refractivity contribution in [2.45, 2.75) is 25.7 Å². The van der Waals surface area contributed by atoms with Gasteiger partial charge in [-0.1, -0.05) is 53.5 Å². The van der Waals surface area contributed by atoms with Crippen LogP contribution in [0.5, 0.6) is 5.75 Å². The number of benzene rings is 2. The van der Waals surface area contributed by atoms with Crippen LogP contribution in [0.3, 0.4) is 0 Å². The van der Waals surface area contributed by atoms with Gasteiger partial charge in [0.05, 0.1) is 11.6 Å². The van der Waals surface area contributed by atoms with Crippen LogP contribution in [0.4, 0.5) is 0 Å². The average molecular weight is 454 g/mol. The number of carbonyl (C=O) groups excluding carboxylic acids is 2. The van der Waals surface area contributed by atoms with Crippen LogP contribution in [0, 0.1) is 0 Å². The first-order valence-corrected chi connectivity index (χ1v) is 10.1. The molecule has 0 aliphatic heterocycles. The summed E-state index contributed by atoms with van der Waals surface area (Å²) in [7, 11) is 0. The van der Waals surface area contributed by atoms with Gasteiger partial charge in [0.1, 0.15) is 5.75 Å². The van der Waals surface area contributed by atoms with E-state index in [0.29, 0.717) is 41.7 Å². The van der Waals surface area contributed by atoms with E-state index in [2.05, 4.69) is 16.2 Å². The number of carbonyl (C=O) groups is 2. The summed E-state index contributed by atoms with van der Waals surface area (Å²) in [6.07, 6.45) is 1.59. The van der Waals surface area contributed by atoms with E-state index in [1.54, 1.807) is 18.2 Å². The monoisotopic (exact) mass is 453 g/mol. The lowest BCUT2D eigenvalue weighted by molar-refractivity contribution is -0.122. The van der Waals surface area contributed by atoms with Crippen molar-refractivity contribution in [3.63, 3.8) is 0 Å². The predicted molar refractivity (Wildman–Crippen MR) is 118 cm³/mol. The van der Waals surface area contributed by atoms with Crippen molar-refractivity contribution < 1.29 is 14.3 Å². The topological polar surface area (TPSA) is 79.5 Å². The lowest BCUT2D eigenvalue weighted by Crippen LogP contribution is -2.48. The molecule has 0 aromatic heterocycles. The molecule has 0 atom stereocenters. The summed E-state index contributed by atoms with van der Waals surface area (Å²) < 4.78 is 5.51. The minimum absolute atomic E-state index is 0.0422. The van der Waals surface area contributed by atoms with E-state index in [-0.39, 0.29) is 23.3 Å². The van der Waals surface area contributed by atoms with Crippen LogP contribution >= 0.6 is 35.4 Å². The third-order valence-electron chi connectivity index (χ3n) is 3.75. The zero-order valence-electron chi connectivity index (χ0n) is 15.5. The molecule has 0 aliphatic rings. The Bertz CT molecular complexity index is 850. The standard InChI is InChI=1S/C20H21Cl2N3O3S/c21-15-9-10-17(16(22)13-15)28-12-4-7-19(27)24-25-20(29)23-18(26)11-8-14-5-2-1-3-6-14/h1-3,5-6,9-10,13H,4,7-8,11-12H2,(H,24,27)(H2,23,25,26,29). The zero-order chi connectivity index (χ0) is 21.1. The number of rotatable bonds is 8. The first-order chi connectivity index (χ1) is 13.9. The van der Waals surface area contributed by atoms with Crippen molar-refractivity contribution in [2.75, 3.05) is 6.61 Å². The number of halogens is 2. The highest BCUT2D eigenvalue weighted by molar-refractivity contribution is 7.80. The molecule has 3 N–H and O–H groups in total. The van der Waals surface area contributed by atoms with Crippen LogP contribution in [0.15, 0.2) is 48.5 Å². The number of nitrogens with one attached hydrogen (secondary N) is 3. The maximum Gasteiger partial charge on any atom is 0.238 e. The summed E-state index contributed by atoms with van der Waals surface area (Å²) in [6, 6.07) is 14.6. The van der Waals surface area contributed by atoms with Crippen LogP contribution in [0.25, 0.3) is 0 Å². The van der Waals surface area contributed by atoms with Gasteiger partial charge in [-0.3, -0.25) is 20.4 Å². The van der Waals surface area contributed by atoms with E-state index < -0.39 is 0 Å². The molecule has 9 heteroatoms. The number of ether oxygens (including phenoxy) is 1. The Morgan fingerprint density at radius 3 is 2.45 bits per heavy atom. The summed E-state index contributed by atoms with van der Waals surface area (Å²) in [6.45, 7) is 0.315. The Hall–Kier alpha value is -2.35. The van der Waals surface area contributed by atoms with Crippen molar-refractivity contribution in [1.29, 1.82) is 0 Å². The van der Waals surface area contributed by atoms with Crippen molar-refractivity contribution in [1.82, 2.24) is 16.2 Å². The summed E-state index contributed by atoms with van der Waals surface area (Å²) >= 11 is 16.8. The van der Waals surface area contributed by atoms with E-state index >= 15 is 0 Å². The van der Waals surface area contributed by atoms with Gasteiger partial charge in [-0.25, -0.2) is 0 Å². The second kappa shape index (κ2) is 12.3. The fourth-order valence-electron chi connectivity index (χ4n) is 2.32. The van der Waals surface area contributed by atoms with Crippen LogP contribution in [-0.4, -0.2) is 23.5 Å². The van der Waals surface area contributed by atoms with E-state index in [1.165, 1.54) is 0 Å². The first kappa shape index (κ1) is 22.9. The Morgan fingerprint density at radius 2 is 1.72 bits per heavy atom. The Balaban J connectivity index is 1.57. The molecule has 154 valence electrons. The molecule has 0 spiro atoms. The van der Waals surface area contributed by atoms with Crippen LogP contribution in [0.1, 0.15) is 24.8 Å². The number of hydrogen-bond acceptors (Lipinski definition) is 4. The summed E-state index contributed by atoms with van der Waals surface area (Å²) in [4.78, 5) is 23.7. The van der Waals surface area contributed by atoms with Crippen molar-refractivity contribution in [2.24, 2.45) is 0 Å². The zero-order valence-corrected chi connectivity index (χ0v) is 17.9. The third kappa shape index (κ3) is 9.13. The minimum atomic E-state index is -0.281. The molecule has 29 heavy (non-hydrogen) atoms. The number of hydrazine groups is 1. The highest BCUT2D eigenvalue weighted by Gasteiger charge is 2.07. The molecule has 0 bridgehead atoms. The predicted octanol–water partition coefficient (Wildman–Crippen LogP) is 3.81. The number of aryl methyl sites for hydroxylation is 1. The quantitative estimate of drug-likeness (QED) is 0.321. The van der Waals surface area contributed by atoms with Gasteiger partial charge < -0.3 is 10.1 Å². The van der Waals surface area contributed by atoms with Crippen LogP contribution in [-0.2, 0) is 16.0 Å². The van der Waals surface area contributed by atoms with Gasteiger partial charge in [0.2, 0.25) is 11.8 Å². The molecular formula is C20H21Cl2N3O3S. The van der Waals surface area contributed by atoms with Gasteiger partial charge in [-0.05, 0) is 48.8 Å². The fraction of sp³-hybridized carbons (Fsp3) is 0.250. The lowest BCUT2D eigenvalue weighted by Gasteiger charge is -2.11. The van der Waals surface area contributed by atoms with Crippen molar-refractivity contribution in [3.8, 4) is 5.75 Å². The van der Waals surface area contributed by atoms with Crippen molar-refractivity contribution >= 4 is 52.3 Å². The second-order valence-electron chi connectivity index (χ2n) is 6.06. The highest BCUT2D eigenvalue weighted by Crippen LogP contribution is 2.27. The summed E-state index contributed by atoms with van der Waals surface area (Å²) in [5.74, 6) is -0.000439. The Labute approximate surface area is 184 Å². The van der Waals surface area contributed by atoms with E-state index in [1.807, 2.05) is 30.3 Å². The number of amides is 2. The number of thiocarbonyl (C=S) groups is 1. The highest BCUT2D eigenvalue weighted by atomic mass is 35.5. The Morgan fingerprint density at radius 1 is 0.966 bits per heavy atom. The van der Waals surface area contributed by atoms with Gasteiger partial charge in [0, 0.05) is 17.9 Å². The second-order valence-corrected chi connectivity index (χ2v) is 7.31. The molecule has 0 aliphatic carbocycles. The summed E-state index contributed by atoms with van der Waals surface area (Å²) in [5.41, 5.74) is 6.01. The lowest BCUT2D eigenvalue weighted by atomic mass is 10.1. The molecule has 0 radical (unpaired) electrons. The van der Waals surface area contributed by atoms with Crippen LogP contribution < -0.4 is 20.9 Å². The van der Waals surface area contributed by atoms with Crippen molar-refractivity contribution in [3.05, 3.63) is 64.1 Å². The average Bonchev–Trinajstić information content (AvgIpc) is 2.70. The first-order valence-electron chi connectivity index (χ1n) is 8.94. The van der Waals surface area contributed by atoms with Gasteiger partial charge in [0.25, 0.3) is 0 Å². The normalized spacial score (nSPS) is 10.1. The number of hydrogen-bond donors (Lipinski definition) is 3. The van der Waals surface area contributed by atoms with Crippen LogP contribution in [0.2, 0.25) is 10.0 Å². The molecule has 0 saturated carbocycles. The SMILES string of the molecule is O=C(CCCOc1ccc(Cl)cc1Cl)NNC(=S)NC(=O)CCc1ccccc1. The Kier molecular flexibility index (Phi) is 9.70. The molecule has 0 saturated heterocycles. The molecular weight excluding hydrogens is 433 g/mol. The van der Waals surface area contributed by atoms with Gasteiger partial charge in [-0.2, -0.15) is 0 Å². The third-order valence-corrected chi connectivity index (χ3v) is 4.49. The molecule has 0 fully saturated rings. The smallest absolute Gasteiger partial charge is 0.238 e. The van der Waals surface area contributed by atoms with Gasteiger partial charge in [-0.15, -0.1) is 0 Å². The van der Waals surface area contributed by atoms with E-state index in [9.17, 15) is 9.59 Å². The van der Waals surface area contributed by atoms with Gasteiger partial charge >= 0.3 is 0 Å². The van der Waals surface area contributed by atoms with E-state index in [0.717, 1.165) is 5.56 Å². The minimum Gasteiger partial charge on any atom is -0.492 e. The molecule has 2 aromatic rings. The molecule has 2 amide bonds. The molecule has 6 nitrogen and oxygen atoms in total. The maximum absolute atomic E-state index is 11.9. The molecule has 0 heterocycles. The molecule has 2 rings (SSSR count). The fourth-order valence-corrected chi connectivity index (χ4v) is 2.95.